The number of aromatic nitrogens is 1. The highest BCUT2D eigenvalue weighted by molar-refractivity contribution is 7.10. The van der Waals surface area contributed by atoms with Gasteiger partial charge in [-0.1, -0.05) is 24.1 Å². The maximum absolute atomic E-state index is 12.6. The zero-order valence-electron chi connectivity index (χ0n) is 13.6. The number of hydrogen-bond acceptors (Lipinski definition) is 4. The molecule has 2 amide bonds. The number of carbonyl (C=O) groups excluding carboxylic acids is 1. The number of carbonyl (C=O) groups is 1. The van der Waals surface area contributed by atoms with Crippen molar-refractivity contribution in [3.63, 3.8) is 0 Å². The molecule has 0 spiro atoms. The first-order chi connectivity index (χ1) is 11.1. The van der Waals surface area contributed by atoms with Crippen molar-refractivity contribution < 1.29 is 9.32 Å². The Morgan fingerprint density at radius 1 is 1.52 bits per heavy atom. The van der Waals surface area contributed by atoms with Crippen LogP contribution in [0.2, 0.25) is 0 Å². The topological polar surface area (TPSA) is 58.4 Å². The van der Waals surface area contributed by atoms with E-state index in [9.17, 15) is 4.79 Å². The van der Waals surface area contributed by atoms with E-state index in [1.165, 1.54) is 30.6 Å². The average molecular weight is 333 g/mol. The van der Waals surface area contributed by atoms with Crippen LogP contribution in [0.25, 0.3) is 0 Å². The molecule has 124 valence electrons. The summed E-state index contributed by atoms with van der Waals surface area (Å²) in [6, 6.07) is 6.09. The van der Waals surface area contributed by atoms with E-state index >= 15 is 0 Å². The van der Waals surface area contributed by atoms with Crippen LogP contribution in [0, 0.1) is 12.8 Å². The predicted octanol–water partition coefficient (Wildman–Crippen LogP) is 4.12. The van der Waals surface area contributed by atoms with E-state index in [1.54, 1.807) is 23.3 Å². The number of aryl methyl sites for hydroxylation is 1. The normalized spacial score (nSPS) is 16.4. The Kier molecular flexibility index (Phi) is 5.00. The van der Waals surface area contributed by atoms with Gasteiger partial charge in [0.2, 0.25) is 0 Å². The third-order valence-electron chi connectivity index (χ3n) is 4.42. The number of urea groups is 1. The van der Waals surface area contributed by atoms with Gasteiger partial charge in [-0.15, -0.1) is 11.3 Å². The lowest BCUT2D eigenvalue weighted by molar-refractivity contribution is 0.196. The molecule has 1 aliphatic carbocycles. The van der Waals surface area contributed by atoms with Crippen LogP contribution in [0.4, 0.5) is 4.79 Å². The molecule has 1 atom stereocenters. The van der Waals surface area contributed by atoms with Crippen LogP contribution < -0.4 is 5.32 Å². The molecule has 0 saturated heterocycles. The molecule has 2 aromatic heterocycles. The first kappa shape index (κ1) is 16.1. The van der Waals surface area contributed by atoms with Crippen LogP contribution in [-0.4, -0.2) is 23.1 Å². The molecule has 0 aliphatic heterocycles. The molecule has 1 aliphatic rings. The molecule has 0 bridgehead atoms. The number of rotatable bonds is 5. The van der Waals surface area contributed by atoms with Gasteiger partial charge in [0, 0.05) is 18.0 Å². The van der Waals surface area contributed by atoms with Crippen molar-refractivity contribution in [2.24, 2.45) is 5.92 Å². The lowest BCUT2D eigenvalue weighted by Crippen LogP contribution is -2.40. The Balaban J connectivity index is 1.65. The second kappa shape index (κ2) is 7.17. The number of thiophene rings is 1. The van der Waals surface area contributed by atoms with Crippen LogP contribution in [0.1, 0.15) is 48.1 Å². The predicted molar refractivity (Wildman–Crippen MR) is 90.3 cm³/mol. The third kappa shape index (κ3) is 3.93. The van der Waals surface area contributed by atoms with Gasteiger partial charge in [0.15, 0.2) is 0 Å². The van der Waals surface area contributed by atoms with Crippen molar-refractivity contribution in [3.05, 3.63) is 39.9 Å². The molecule has 1 N–H and O–H groups in total. The zero-order valence-corrected chi connectivity index (χ0v) is 14.4. The largest absolute Gasteiger partial charge is 0.361 e. The fourth-order valence-electron chi connectivity index (χ4n) is 3.23. The van der Waals surface area contributed by atoms with Gasteiger partial charge in [-0.3, -0.25) is 0 Å². The van der Waals surface area contributed by atoms with E-state index in [0.29, 0.717) is 12.5 Å². The van der Waals surface area contributed by atoms with Crippen molar-refractivity contribution >= 4 is 17.4 Å². The number of nitrogens with one attached hydrogen (secondary N) is 1. The number of nitrogens with zero attached hydrogens (tertiary/aromatic N) is 2. The Morgan fingerprint density at radius 3 is 2.91 bits per heavy atom. The molecule has 3 rings (SSSR count). The summed E-state index contributed by atoms with van der Waals surface area (Å²) < 4.78 is 5.06. The molecule has 0 unspecified atom stereocenters. The van der Waals surface area contributed by atoms with Crippen molar-refractivity contribution in [3.8, 4) is 0 Å². The summed E-state index contributed by atoms with van der Waals surface area (Å²) in [5, 5.41) is 9.25. The molecular formula is C17H23N3O2S. The fraction of sp³-hybridized carbons (Fsp3) is 0.529. The van der Waals surface area contributed by atoms with Gasteiger partial charge in [0.05, 0.1) is 12.6 Å². The third-order valence-corrected chi connectivity index (χ3v) is 5.38. The maximum Gasteiger partial charge on any atom is 0.318 e. The quantitative estimate of drug-likeness (QED) is 0.895. The van der Waals surface area contributed by atoms with Crippen molar-refractivity contribution in [2.75, 3.05) is 7.05 Å². The molecule has 2 aromatic rings. The number of amides is 2. The summed E-state index contributed by atoms with van der Waals surface area (Å²) in [4.78, 5) is 15.5. The van der Waals surface area contributed by atoms with Crippen molar-refractivity contribution in [1.29, 1.82) is 0 Å². The van der Waals surface area contributed by atoms with Crippen molar-refractivity contribution in [2.45, 2.75) is 45.2 Å². The molecule has 0 aromatic carbocycles. The molecule has 1 saturated carbocycles. The van der Waals surface area contributed by atoms with E-state index in [0.717, 1.165) is 11.5 Å². The van der Waals surface area contributed by atoms with E-state index in [-0.39, 0.29) is 12.1 Å². The second-order valence-corrected chi connectivity index (χ2v) is 7.25. The van der Waals surface area contributed by atoms with Crippen molar-refractivity contribution in [1.82, 2.24) is 15.4 Å². The highest BCUT2D eigenvalue weighted by atomic mass is 32.1. The molecule has 5 nitrogen and oxygen atoms in total. The monoisotopic (exact) mass is 333 g/mol. The fourth-order valence-corrected chi connectivity index (χ4v) is 4.10. The Hall–Kier alpha value is -1.82. The summed E-state index contributed by atoms with van der Waals surface area (Å²) in [5.41, 5.74) is 0.772. The van der Waals surface area contributed by atoms with Gasteiger partial charge in [0.25, 0.3) is 0 Å². The highest BCUT2D eigenvalue weighted by Gasteiger charge is 2.29. The van der Waals surface area contributed by atoms with E-state index in [1.807, 2.05) is 13.0 Å². The van der Waals surface area contributed by atoms with E-state index in [4.69, 9.17) is 4.52 Å². The summed E-state index contributed by atoms with van der Waals surface area (Å²) in [5.74, 6) is 1.30. The minimum atomic E-state index is -0.0593. The summed E-state index contributed by atoms with van der Waals surface area (Å²) in [6.07, 6.45) is 4.90. The first-order valence-corrected chi connectivity index (χ1v) is 8.98. The van der Waals surface area contributed by atoms with Gasteiger partial charge < -0.3 is 14.7 Å². The molecule has 1 fully saturated rings. The lowest BCUT2D eigenvalue weighted by Gasteiger charge is -2.26. The zero-order chi connectivity index (χ0) is 16.2. The SMILES string of the molecule is Cc1cc(CN(C)C(=O)N[C@@H](c2cccs2)C2CCCC2)no1. The number of hydrogen-bond donors (Lipinski definition) is 1. The van der Waals surface area contributed by atoms with Crippen LogP contribution in [0.3, 0.4) is 0 Å². The molecule has 6 heteroatoms. The van der Waals surface area contributed by atoms with Crippen LogP contribution in [0.15, 0.2) is 28.1 Å². The van der Waals surface area contributed by atoms with Gasteiger partial charge in [0.1, 0.15) is 11.5 Å². The summed E-state index contributed by atoms with van der Waals surface area (Å²) in [7, 11) is 1.79. The van der Waals surface area contributed by atoms with E-state index < -0.39 is 0 Å². The first-order valence-electron chi connectivity index (χ1n) is 8.10. The van der Waals surface area contributed by atoms with Gasteiger partial charge >= 0.3 is 6.03 Å². The summed E-state index contributed by atoms with van der Waals surface area (Å²) >= 11 is 1.72. The van der Waals surface area contributed by atoms with Crippen LogP contribution >= 0.6 is 11.3 Å². The second-order valence-electron chi connectivity index (χ2n) is 6.27. The minimum Gasteiger partial charge on any atom is -0.361 e. The molecule has 23 heavy (non-hydrogen) atoms. The lowest BCUT2D eigenvalue weighted by atomic mass is 9.97. The summed E-state index contributed by atoms with van der Waals surface area (Å²) in [6.45, 7) is 2.30. The smallest absolute Gasteiger partial charge is 0.318 e. The Morgan fingerprint density at radius 2 is 2.30 bits per heavy atom. The van der Waals surface area contributed by atoms with Gasteiger partial charge in [-0.2, -0.15) is 0 Å². The van der Waals surface area contributed by atoms with Gasteiger partial charge in [-0.05, 0) is 37.1 Å². The minimum absolute atomic E-state index is 0.0593. The molecule has 2 heterocycles. The average Bonchev–Trinajstić information content (AvgIpc) is 3.27. The molecule has 0 radical (unpaired) electrons. The van der Waals surface area contributed by atoms with E-state index in [2.05, 4.69) is 28.0 Å². The van der Waals surface area contributed by atoms with Crippen LogP contribution in [-0.2, 0) is 6.54 Å². The maximum atomic E-state index is 12.6. The van der Waals surface area contributed by atoms with Gasteiger partial charge in [-0.25, -0.2) is 4.79 Å². The molecular weight excluding hydrogens is 310 g/mol. The standard InChI is InChI=1S/C17H23N3O2S/c1-12-10-14(19-22-12)11-20(2)17(21)18-16(13-6-3-4-7-13)15-8-5-9-23-15/h5,8-10,13,16H,3-4,6-7,11H2,1-2H3,(H,18,21)/t16-/m1/s1. The Labute approximate surface area is 140 Å². The highest BCUT2D eigenvalue weighted by Crippen LogP contribution is 2.37. The van der Waals surface area contributed by atoms with Crippen LogP contribution in [0.5, 0.6) is 0 Å². The Bertz CT molecular complexity index is 632.